The van der Waals surface area contributed by atoms with Crippen LogP contribution >= 0.6 is 0 Å². The van der Waals surface area contributed by atoms with E-state index < -0.39 is 12.1 Å². The van der Waals surface area contributed by atoms with Crippen LogP contribution in [0.25, 0.3) is 44.4 Å². The molecule has 4 heterocycles. The molecule has 4 N–H and O–H groups in total. The van der Waals surface area contributed by atoms with Gasteiger partial charge < -0.3 is 30.2 Å². The summed E-state index contributed by atoms with van der Waals surface area (Å²) in [4.78, 5) is 43.5. The van der Waals surface area contributed by atoms with E-state index in [0.717, 1.165) is 71.1 Å². The molecule has 0 spiro atoms. The lowest BCUT2D eigenvalue weighted by molar-refractivity contribution is -0.135. The number of ether oxygens (including phenoxy) is 1. The fourth-order valence-corrected chi connectivity index (χ4v) is 6.86. The molecular weight excluding hydrogens is 590 g/mol. The molecule has 2 aliphatic heterocycles. The van der Waals surface area contributed by atoms with Gasteiger partial charge in [-0.3, -0.25) is 4.79 Å². The van der Waals surface area contributed by atoms with E-state index in [1.807, 2.05) is 31.1 Å². The number of benzene rings is 3. The quantitative estimate of drug-likeness (QED) is 0.150. The third-order valence-electron chi connectivity index (χ3n) is 9.50. The Labute approximate surface area is 274 Å². The zero-order valence-corrected chi connectivity index (χ0v) is 27.0. The Morgan fingerprint density at radius 2 is 1.47 bits per heavy atom. The zero-order chi connectivity index (χ0) is 32.5. The first-order chi connectivity index (χ1) is 22.9. The van der Waals surface area contributed by atoms with Crippen LogP contribution in [0.3, 0.4) is 0 Å². The lowest BCUT2D eigenvalue weighted by atomic mass is 9.98. The molecule has 2 fully saturated rings. The molecule has 1 unspecified atom stereocenters. The highest BCUT2D eigenvalue weighted by Gasteiger charge is 2.37. The van der Waals surface area contributed by atoms with Gasteiger partial charge in [0.1, 0.15) is 17.7 Å². The van der Waals surface area contributed by atoms with E-state index >= 15 is 0 Å². The molecule has 242 valence electrons. The fourth-order valence-electron chi connectivity index (χ4n) is 6.86. The predicted molar refractivity (Wildman–Crippen MR) is 182 cm³/mol. The SMILES string of the molecule is COC(=O)N[C@H](C(=O)N1CCCC1c1ncc(-c2ccc(-c3ccc4cc(-c5cnc([C@@H]6CCCN6)[nH]5)ccc4c3)cc2)[nH]1)C(C)C. The second kappa shape index (κ2) is 13.0. The number of imidazole rings is 2. The van der Waals surface area contributed by atoms with Gasteiger partial charge >= 0.3 is 6.09 Å². The maximum Gasteiger partial charge on any atom is 0.407 e. The molecule has 10 heteroatoms. The number of hydrogen-bond donors (Lipinski definition) is 4. The number of carbonyl (C=O) groups is 2. The van der Waals surface area contributed by atoms with Crippen molar-refractivity contribution in [1.82, 2.24) is 35.5 Å². The number of amides is 2. The summed E-state index contributed by atoms with van der Waals surface area (Å²) in [6.45, 7) is 5.50. The lowest BCUT2D eigenvalue weighted by Gasteiger charge is -2.30. The van der Waals surface area contributed by atoms with Crippen LogP contribution in [-0.2, 0) is 9.53 Å². The van der Waals surface area contributed by atoms with Crippen LogP contribution in [0.4, 0.5) is 4.79 Å². The Morgan fingerprint density at radius 1 is 0.830 bits per heavy atom. The summed E-state index contributed by atoms with van der Waals surface area (Å²) >= 11 is 0. The van der Waals surface area contributed by atoms with Gasteiger partial charge in [-0.1, -0.05) is 62.4 Å². The standard InChI is InChI=1S/C37H41N7O3/c1-22(2)33(43-37(46)47-3)36(45)44-17-5-7-32(44)35-40-20-30(42-35)24-10-8-23(9-11-24)25-12-13-27-19-28(15-14-26(27)18-25)31-21-39-34(41-31)29-6-4-16-38-29/h8-15,18-22,29,32-33,38H,4-7,16-17H2,1-3H3,(H,39,41)(H,40,42)(H,43,46)/t29-,32?,33-/m0/s1. The highest BCUT2D eigenvalue weighted by atomic mass is 16.5. The topological polar surface area (TPSA) is 128 Å². The molecule has 0 saturated carbocycles. The zero-order valence-electron chi connectivity index (χ0n) is 27.0. The first kappa shape index (κ1) is 30.7. The number of rotatable bonds is 8. The van der Waals surface area contributed by atoms with Crippen molar-refractivity contribution in [3.63, 3.8) is 0 Å². The van der Waals surface area contributed by atoms with Crippen molar-refractivity contribution in [2.45, 2.75) is 57.7 Å². The Bertz CT molecular complexity index is 1890. The number of carbonyl (C=O) groups excluding carboxylic acids is 2. The second-order valence-electron chi connectivity index (χ2n) is 12.9. The molecule has 3 atom stereocenters. The molecule has 10 nitrogen and oxygen atoms in total. The number of aromatic amines is 2. The number of alkyl carbamates (subject to hydrolysis) is 1. The second-order valence-corrected chi connectivity index (χ2v) is 12.9. The summed E-state index contributed by atoms with van der Waals surface area (Å²) in [5.74, 6) is 1.58. The van der Waals surface area contributed by atoms with Gasteiger partial charge in [-0.2, -0.15) is 0 Å². The van der Waals surface area contributed by atoms with Crippen LogP contribution < -0.4 is 10.6 Å². The minimum Gasteiger partial charge on any atom is -0.453 e. The van der Waals surface area contributed by atoms with E-state index in [1.165, 1.54) is 24.3 Å². The number of methoxy groups -OCH3 is 1. The van der Waals surface area contributed by atoms with Crippen molar-refractivity contribution in [3.05, 3.63) is 84.7 Å². The third-order valence-corrected chi connectivity index (χ3v) is 9.50. The number of fused-ring (bicyclic) bond motifs is 1. The van der Waals surface area contributed by atoms with Crippen molar-refractivity contribution in [3.8, 4) is 33.6 Å². The number of aromatic nitrogens is 4. The van der Waals surface area contributed by atoms with Crippen molar-refractivity contribution in [1.29, 1.82) is 0 Å². The van der Waals surface area contributed by atoms with Crippen LogP contribution in [-0.4, -0.2) is 63.1 Å². The number of nitrogens with one attached hydrogen (secondary N) is 4. The summed E-state index contributed by atoms with van der Waals surface area (Å²) in [5.41, 5.74) is 6.38. The molecule has 0 bridgehead atoms. The van der Waals surface area contributed by atoms with Gasteiger partial charge in [-0.25, -0.2) is 14.8 Å². The molecule has 2 aliphatic rings. The van der Waals surface area contributed by atoms with E-state index in [1.54, 1.807) is 0 Å². The molecule has 0 aliphatic carbocycles. The van der Waals surface area contributed by atoms with E-state index in [9.17, 15) is 9.59 Å². The highest BCUT2D eigenvalue weighted by molar-refractivity contribution is 5.90. The molecule has 2 aromatic heterocycles. The minimum absolute atomic E-state index is 0.0805. The molecule has 47 heavy (non-hydrogen) atoms. The summed E-state index contributed by atoms with van der Waals surface area (Å²) in [7, 11) is 1.30. The van der Waals surface area contributed by atoms with Gasteiger partial charge in [0, 0.05) is 12.1 Å². The van der Waals surface area contributed by atoms with Crippen molar-refractivity contribution in [2.24, 2.45) is 5.92 Å². The molecule has 3 aromatic carbocycles. The van der Waals surface area contributed by atoms with Crippen LogP contribution in [0.1, 0.15) is 63.3 Å². The average molecular weight is 632 g/mol. The van der Waals surface area contributed by atoms with Gasteiger partial charge in [0.2, 0.25) is 5.91 Å². The minimum atomic E-state index is -0.661. The third kappa shape index (κ3) is 6.25. The molecular formula is C37H41N7O3. The van der Waals surface area contributed by atoms with E-state index in [4.69, 9.17) is 4.74 Å². The lowest BCUT2D eigenvalue weighted by Crippen LogP contribution is -2.51. The average Bonchev–Trinajstić information content (AvgIpc) is 3.93. The number of likely N-dealkylation sites (tertiary alicyclic amines) is 1. The van der Waals surface area contributed by atoms with Gasteiger partial charge in [0.15, 0.2) is 0 Å². The van der Waals surface area contributed by atoms with E-state index in [-0.39, 0.29) is 17.9 Å². The maximum absolute atomic E-state index is 13.5. The van der Waals surface area contributed by atoms with Crippen molar-refractivity contribution in [2.75, 3.05) is 20.2 Å². The summed E-state index contributed by atoms with van der Waals surface area (Å²) in [6, 6.07) is 21.1. The number of hydrogen-bond acceptors (Lipinski definition) is 6. The smallest absolute Gasteiger partial charge is 0.407 e. The molecule has 2 saturated heterocycles. The molecule has 7 rings (SSSR count). The van der Waals surface area contributed by atoms with E-state index in [2.05, 4.69) is 91.2 Å². The Kier molecular flexibility index (Phi) is 8.51. The first-order valence-electron chi connectivity index (χ1n) is 16.5. The van der Waals surface area contributed by atoms with Gasteiger partial charge in [0.25, 0.3) is 0 Å². The Balaban J connectivity index is 1.05. The van der Waals surface area contributed by atoms with Crippen LogP contribution in [0.2, 0.25) is 0 Å². The van der Waals surface area contributed by atoms with Gasteiger partial charge in [-0.05, 0) is 77.7 Å². The van der Waals surface area contributed by atoms with Crippen LogP contribution in [0, 0.1) is 5.92 Å². The predicted octanol–water partition coefficient (Wildman–Crippen LogP) is 6.76. The number of nitrogens with zero attached hydrogens (tertiary/aromatic N) is 3. The maximum atomic E-state index is 13.5. The van der Waals surface area contributed by atoms with Crippen LogP contribution in [0.5, 0.6) is 0 Å². The molecule has 5 aromatic rings. The summed E-state index contributed by atoms with van der Waals surface area (Å²) < 4.78 is 4.75. The van der Waals surface area contributed by atoms with Gasteiger partial charge in [0.05, 0.1) is 43.0 Å². The Hall–Kier alpha value is -4.96. The van der Waals surface area contributed by atoms with Crippen LogP contribution in [0.15, 0.2) is 73.1 Å². The highest BCUT2D eigenvalue weighted by Crippen LogP contribution is 2.34. The van der Waals surface area contributed by atoms with Crippen molar-refractivity contribution >= 4 is 22.8 Å². The van der Waals surface area contributed by atoms with Gasteiger partial charge in [-0.15, -0.1) is 0 Å². The normalized spacial score (nSPS) is 18.6. The largest absolute Gasteiger partial charge is 0.453 e. The first-order valence-corrected chi connectivity index (χ1v) is 16.5. The fraction of sp³-hybridized carbons (Fsp3) is 0.351. The molecule has 0 radical (unpaired) electrons. The molecule has 2 amide bonds. The summed E-state index contributed by atoms with van der Waals surface area (Å²) in [6.07, 6.45) is 7.16. The van der Waals surface area contributed by atoms with Crippen molar-refractivity contribution < 1.29 is 14.3 Å². The number of H-pyrrole nitrogens is 2. The Morgan fingerprint density at radius 3 is 2.17 bits per heavy atom. The van der Waals surface area contributed by atoms with E-state index in [0.29, 0.717) is 12.6 Å². The summed E-state index contributed by atoms with van der Waals surface area (Å²) in [5, 5.41) is 8.58. The monoisotopic (exact) mass is 631 g/mol.